The second-order valence-corrected chi connectivity index (χ2v) is 8.47. The standard InChI is InChI=1S/C20H22N2O4S/c1-25-17-7-3-15(4-8-17)11-21-19-13-27(23,24)14-20(19)22-12-16-5-9-18(26-2)10-6-16/h3-12,19-20H,13-14H2,1-2H3. The van der Waals surface area contributed by atoms with E-state index in [0.717, 1.165) is 22.6 Å². The van der Waals surface area contributed by atoms with E-state index in [9.17, 15) is 8.42 Å². The molecule has 27 heavy (non-hydrogen) atoms. The molecule has 6 nitrogen and oxygen atoms in total. The second-order valence-electron chi connectivity index (χ2n) is 6.31. The third-order valence-corrected chi connectivity index (χ3v) is 6.05. The van der Waals surface area contributed by atoms with Crippen LogP contribution in [0.15, 0.2) is 58.5 Å². The number of hydrogen-bond acceptors (Lipinski definition) is 6. The maximum Gasteiger partial charge on any atom is 0.154 e. The van der Waals surface area contributed by atoms with Crippen LogP contribution >= 0.6 is 0 Å². The normalized spacial score (nSPS) is 21.7. The van der Waals surface area contributed by atoms with Crippen LogP contribution in [0.4, 0.5) is 0 Å². The Morgan fingerprint density at radius 1 is 0.778 bits per heavy atom. The number of methoxy groups -OCH3 is 2. The summed E-state index contributed by atoms with van der Waals surface area (Å²) in [5, 5.41) is 0. The van der Waals surface area contributed by atoms with Crippen molar-refractivity contribution in [3.05, 3.63) is 59.7 Å². The lowest BCUT2D eigenvalue weighted by Crippen LogP contribution is -2.20. The fourth-order valence-electron chi connectivity index (χ4n) is 2.84. The largest absolute Gasteiger partial charge is 0.497 e. The molecule has 0 aromatic heterocycles. The van der Waals surface area contributed by atoms with Gasteiger partial charge >= 0.3 is 0 Å². The lowest BCUT2D eigenvalue weighted by Gasteiger charge is -2.09. The SMILES string of the molecule is COc1ccc(C=NC2CS(=O)(=O)CC2N=Cc2ccc(OC)cc2)cc1. The van der Waals surface area contributed by atoms with Crippen LogP contribution in [-0.2, 0) is 9.84 Å². The Morgan fingerprint density at radius 2 is 1.15 bits per heavy atom. The second kappa shape index (κ2) is 8.35. The number of sulfone groups is 1. The summed E-state index contributed by atoms with van der Waals surface area (Å²) in [5.41, 5.74) is 1.77. The summed E-state index contributed by atoms with van der Waals surface area (Å²) < 4.78 is 34.4. The van der Waals surface area contributed by atoms with Crippen LogP contribution in [0.5, 0.6) is 11.5 Å². The molecule has 1 saturated heterocycles. The average Bonchev–Trinajstić information content (AvgIpc) is 2.99. The van der Waals surface area contributed by atoms with Gasteiger partial charge in [-0.3, -0.25) is 9.98 Å². The Morgan fingerprint density at radius 3 is 1.48 bits per heavy atom. The van der Waals surface area contributed by atoms with Crippen molar-refractivity contribution in [1.82, 2.24) is 0 Å². The first-order valence-electron chi connectivity index (χ1n) is 8.54. The van der Waals surface area contributed by atoms with E-state index in [1.54, 1.807) is 26.6 Å². The van der Waals surface area contributed by atoms with Gasteiger partial charge in [-0.15, -0.1) is 0 Å². The molecule has 0 spiro atoms. The highest BCUT2D eigenvalue weighted by Gasteiger charge is 2.36. The summed E-state index contributed by atoms with van der Waals surface area (Å²) in [6, 6.07) is 14.1. The van der Waals surface area contributed by atoms with Crippen molar-refractivity contribution in [3.8, 4) is 11.5 Å². The Hall–Kier alpha value is -2.67. The van der Waals surface area contributed by atoms with Gasteiger partial charge in [0.05, 0.1) is 37.8 Å². The molecular formula is C20H22N2O4S. The number of rotatable bonds is 6. The molecule has 0 aliphatic carbocycles. The van der Waals surface area contributed by atoms with Crippen LogP contribution in [0.3, 0.4) is 0 Å². The number of hydrogen-bond donors (Lipinski definition) is 0. The molecular weight excluding hydrogens is 364 g/mol. The molecule has 0 bridgehead atoms. The highest BCUT2D eigenvalue weighted by atomic mass is 32.2. The summed E-state index contributed by atoms with van der Waals surface area (Å²) in [4.78, 5) is 8.97. The Kier molecular flexibility index (Phi) is 5.91. The molecule has 2 unspecified atom stereocenters. The molecule has 142 valence electrons. The van der Waals surface area contributed by atoms with Gasteiger partial charge in [-0.25, -0.2) is 8.42 Å². The van der Waals surface area contributed by atoms with Crippen LogP contribution in [0, 0.1) is 0 Å². The van der Waals surface area contributed by atoms with E-state index >= 15 is 0 Å². The third kappa shape index (κ3) is 5.17. The number of benzene rings is 2. The van der Waals surface area contributed by atoms with E-state index in [-0.39, 0.29) is 23.6 Å². The molecule has 2 aromatic carbocycles. The molecule has 1 aliphatic rings. The maximum absolute atomic E-state index is 12.1. The molecule has 3 rings (SSSR count). The van der Waals surface area contributed by atoms with E-state index in [2.05, 4.69) is 9.98 Å². The maximum atomic E-state index is 12.1. The molecule has 1 heterocycles. The first kappa shape index (κ1) is 19.1. The fourth-order valence-corrected chi connectivity index (χ4v) is 4.63. The van der Waals surface area contributed by atoms with Gasteiger partial charge in [0.15, 0.2) is 9.84 Å². The minimum atomic E-state index is -3.14. The smallest absolute Gasteiger partial charge is 0.154 e. The van der Waals surface area contributed by atoms with Crippen LogP contribution in [0.25, 0.3) is 0 Å². The molecule has 0 saturated carbocycles. The predicted octanol–water partition coefficient (Wildman–Crippen LogP) is 2.41. The summed E-state index contributed by atoms with van der Waals surface area (Å²) in [6.07, 6.45) is 3.39. The van der Waals surface area contributed by atoms with Crippen molar-refractivity contribution in [2.75, 3.05) is 25.7 Å². The van der Waals surface area contributed by atoms with Gasteiger partial charge in [0.25, 0.3) is 0 Å². The van der Waals surface area contributed by atoms with E-state index in [0.29, 0.717) is 0 Å². The molecule has 0 amide bonds. The van der Waals surface area contributed by atoms with Crippen molar-refractivity contribution in [2.24, 2.45) is 9.98 Å². The van der Waals surface area contributed by atoms with Crippen LogP contribution in [-0.4, -0.2) is 58.7 Å². The van der Waals surface area contributed by atoms with E-state index < -0.39 is 9.84 Å². The van der Waals surface area contributed by atoms with Gasteiger partial charge in [0.1, 0.15) is 11.5 Å². The summed E-state index contributed by atoms with van der Waals surface area (Å²) in [5.74, 6) is 1.56. The summed E-state index contributed by atoms with van der Waals surface area (Å²) in [7, 11) is 0.0758. The molecule has 1 fully saturated rings. The van der Waals surface area contributed by atoms with Crippen molar-refractivity contribution in [2.45, 2.75) is 12.1 Å². The highest BCUT2D eigenvalue weighted by Crippen LogP contribution is 2.20. The summed E-state index contributed by atoms with van der Waals surface area (Å²) in [6.45, 7) is 0. The first-order valence-corrected chi connectivity index (χ1v) is 10.4. The minimum Gasteiger partial charge on any atom is -0.497 e. The van der Waals surface area contributed by atoms with Crippen LogP contribution in [0.2, 0.25) is 0 Å². The Balaban J connectivity index is 1.73. The van der Waals surface area contributed by atoms with E-state index in [1.807, 2.05) is 48.5 Å². The number of aliphatic imine (C=N–C) groups is 2. The third-order valence-electron chi connectivity index (χ3n) is 4.36. The zero-order chi connectivity index (χ0) is 19.3. The van der Waals surface area contributed by atoms with Crippen LogP contribution < -0.4 is 9.47 Å². The quantitative estimate of drug-likeness (QED) is 0.715. The number of ether oxygens (including phenoxy) is 2. The zero-order valence-electron chi connectivity index (χ0n) is 15.3. The molecule has 7 heteroatoms. The minimum absolute atomic E-state index is 0.0181. The highest BCUT2D eigenvalue weighted by molar-refractivity contribution is 7.91. The van der Waals surface area contributed by atoms with Gasteiger partial charge in [0.2, 0.25) is 0 Å². The van der Waals surface area contributed by atoms with Crippen molar-refractivity contribution < 1.29 is 17.9 Å². The predicted molar refractivity (Wildman–Crippen MR) is 107 cm³/mol. The Labute approximate surface area is 159 Å². The molecule has 1 aliphatic heterocycles. The number of nitrogens with zero attached hydrogens (tertiary/aromatic N) is 2. The van der Waals surface area contributed by atoms with Gasteiger partial charge in [-0.05, 0) is 59.7 Å². The van der Waals surface area contributed by atoms with Crippen molar-refractivity contribution >= 4 is 22.3 Å². The average molecular weight is 386 g/mol. The molecule has 0 N–H and O–H groups in total. The molecule has 0 radical (unpaired) electrons. The lowest BCUT2D eigenvalue weighted by atomic mass is 10.1. The van der Waals surface area contributed by atoms with E-state index in [1.165, 1.54) is 0 Å². The lowest BCUT2D eigenvalue weighted by molar-refractivity contribution is 0.414. The molecule has 2 atom stereocenters. The van der Waals surface area contributed by atoms with Crippen molar-refractivity contribution in [3.63, 3.8) is 0 Å². The van der Waals surface area contributed by atoms with Gasteiger partial charge in [0, 0.05) is 12.4 Å². The summed E-state index contributed by atoms with van der Waals surface area (Å²) >= 11 is 0. The van der Waals surface area contributed by atoms with Crippen molar-refractivity contribution in [1.29, 1.82) is 0 Å². The monoisotopic (exact) mass is 386 g/mol. The topological polar surface area (TPSA) is 77.3 Å². The van der Waals surface area contributed by atoms with Crippen LogP contribution in [0.1, 0.15) is 11.1 Å². The fraction of sp³-hybridized carbons (Fsp3) is 0.300. The first-order chi connectivity index (χ1) is 13.0. The van der Waals surface area contributed by atoms with E-state index in [4.69, 9.17) is 9.47 Å². The van der Waals surface area contributed by atoms with Gasteiger partial charge in [-0.1, -0.05) is 0 Å². The van der Waals surface area contributed by atoms with Gasteiger partial charge < -0.3 is 9.47 Å². The van der Waals surface area contributed by atoms with Gasteiger partial charge in [-0.2, -0.15) is 0 Å². The zero-order valence-corrected chi connectivity index (χ0v) is 16.1. The molecule has 2 aromatic rings. The Bertz CT molecular complexity index is 848.